The predicted molar refractivity (Wildman–Crippen MR) is 76.3 cm³/mol. The molecule has 18 heavy (non-hydrogen) atoms. The van der Waals surface area contributed by atoms with Gasteiger partial charge in [0.1, 0.15) is 5.84 Å². The monoisotopic (exact) mass is 277 g/mol. The summed E-state index contributed by atoms with van der Waals surface area (Å²) in [5.74, 6) is 0.802. The van der Waals surface area contributed by atoms with Crippen LogP contribution >= 0.6 is 23.4 Å². The summed E-state index contributed by atoms with van der Waals surface area (Å²) < 4.78 is 0. The Morgan fingerprint density at radius 2 is 2.06 bits per heavy atom. The number of pyridine rings is 1. The minimum Gasteiger partial charge on any atom is -0.384 e. The summed E-state index contributed by atoms with van der Waals surface area (Å²) >= 11 is 7.68. The molecular formula is C13H12ClN3S. The van der Waals surface area contributed by atoms with E-state index in [-0.39, 0.29) is 5.84 Å². The van der Waals surface area contributed by atoms with Crippen LogP contribution in [0.1, 0.15) is 11.1 Å². The van der Waals surface area contributed by atoms with Crippen LogP contribution < -0.4 is 5.73 Å². The molecule has 3 N–H and O–H groups in total. The molecule has 2 aromatic rings. The van der Waals surface area contributed by atoms with E-state index in [2.05, 4.69) is 4.98 Å². The standard InChI is InChI=1S/C13H12ClN3S/c14-11-4-2-1-3-10(11)8-18-12-6-5-9(7-17-12)13(15)16/h1-7H,8H2,(H3,15,16). The van der Waals surface area contributed by atoms with Crippen molar-refractivity contribution in [3.8, 4) is 0 Å². The molecule has 0 unspecified atom stereocenters. The molecular weight excluding hydrogens is 266 g/mol. The smallest absolute Gasteiger partial charge is 0.124 e. The van der Waals surface area contributed by atoms with Crippen LogP contribution in [0.4, 0.5) is 0 Å². The Morgan fingerprint density at radius 3 is 2.67 bits per heavy atom. The number of hydrogen-bond donors (Lipinski definition) is 2. The molecule has 0 fully saturated rings. The summed E-state index contributed by atoms with van der Waals surface area (Å²) in [6.07, 6.45) is 1.61. The number of nitrogens with two attached hydrogens (primary N) is 1. The summed E-state index contributed by atoms with van der Waals surface area (Å²) in [5, 5.41) is 8.94. The molecule has 5 heteroatoms. The molecule has 1 aromatic heterocycles. The number of nitrogen functional groups attached to an aromatic ring is 1. The summed E-state index contributed by atoms with van der Waals surface area (Å²) in [7, 11) is 0. The zero-order valence-corrected chi connectivity index (χ0v) is 11.1. The van der Waals surface area contributed by atoms with Crippen LogP contribution in [0, 0.1) is 5.41 Å². The van der Waals surface area contributed by atoms with Gasteiger partial charge in [0.05, 0.1) is 5.03 Å². The van der Waals surface area contributed by atoms with Crippen LogP contribution in [0.25, 0.3) is 0 Å². The maximum Gasteiger partial charge on any atom is 0.124 e. The molecule has 1 heterocycles. The summed E-state index contributed by atoms with van der Waals surface area (Å²) in [4.78, 5) is 4.24. The van der Waals surface area contributed by atoms with Crippen molar-refractivity contribution >= 4 is 29.2 Å². The maximum atomic E-state index is 7.28. The van der Waals surface area contributed by atoms with Crippen molar-refractivity contribution in [1.29, 1.82) is 5.41 Å². The summed E-state index contributed by atoms with van der Waals surface area (Å²) in [5.41, 5.74) is 7.09. The minimum atomic E-state index is 0.0325. The van der Waals surface area contributed by atoms with Crippen molar-refractivity contribution in [3.05, 3.63) is 58.7 Å². The average molecular weight is 278 g/mol. The van der Waals surface area contributed by atoms with E-state index in [0.717, 1.165) is 21.4 Å². The van der Waals surface area contributed by atoms with Crippen LogP contribution in [0.15, 0.2) is 47.6 Å². The van der Waals surface area contributed by atoms with E-state index < -0.39 is 0 Å². The van der Waals surface area contributed by atoms with E-state index in [0.29, 0.717) is 5.56 Å². The fourth-order valence-corrected chi connectivity index (χ4v) is 2.52. The third-order valence-electron chi connectivity index (χ3n) is 2.38. The first-order valence-electron chi connectivity index (χ1n) is 5.33. The van der Waals surface area contributed by atoms with E-state index in [4.69, 9.17) is 22.7 Å². The number of nitrogens with one attached hydrogen (secondary N) is 1. The molecule has 3 nitrogen and oxygen atoms in total. The van der Waals surface area contributed by atoms with Crippen LogP contribution in [0.3, 0.4) is 0 Å². The highest BCUT2D eigenvalue weighted by molar-refractivity contribution is 7.98. The van der Waals surface area contributed by atoms with Crippen LogP contribution in [-0.4, -0.2) is 10.8 Å². The van der Waals surface area contributed by atoms with Gasteiger partial charge in [-0.3, -0.25) is 5.41 Å². The average Bonchev–Trinajstić information content (AvgIpc) is 2.38. The predicted octanol–water partition coefficient (Wildman–Crippen LogP) is 3.31. The lowest BCUT2D eigenvalue weighted by molar-refractivity contribution is 1.12. The van der Waals surface area contributed by atoms with Gasteiger partial charge in [-0.1, -0.05) is 29.8 Å². The second-order valence-electron chi connectivity index (χ2n) is 3.68. The molecule has 0 spiro atoms. The van der Waals surface area contributed by atoms with Crippen LogP contribution in [0.2, 0.25) is 5.02 Å². The topological polar surface area (TPSA) is 62.8 Å². The van der Waals surface area contributed by atoms with Crippen molar-refractivity contribution in [2.45, 2.75) is 10.8 Å². The van der Waals surface area contributed by atoms with E-state index in [1.54, 1.807) is 24.0 Å². The number of nitrogens with zero attached hydrogens (tertiary/aromatic N) is 1. The van der Waals surface area contributed by atoms with Crippen molar-refractivity contribution in [2.75, 3.05) is 0 Å². The summed E-state index contributed by atoms with van der Waals surface area (Å²) in [6, 6.07) is 11.4. The molecule has 0 saturated heterocycles. The van der Waals surface area contributed by atoms with Crippen molar-refractivity contribution in [1.82, 2.24) is 4.98 Å². The van der Waals surface area contributed by atoms with E-state index in [1.807, 2.05) is 30.3 Å². The van der Waals surface area contributed by atoms with Gasteiger partial charge in [-0.15, -0.1) is 11.8 Å². The van der Waals surface area contributed by atoms with Gasteiger partial charge in [0.2, 0.25) is 0 Å². The Labute approximate surface area is 115 Å². The highest BCUT2D eigenvalue weighted by atomic mass is 35.5. The van der Waals surface area contributed by atoms with Gasteiger partial charge in [0.25, 0.3) is 0 Å². The Balaban J connectivity index is 2.02. The molecule has 0 bridgehead atoms. The van der Waals surface area contributed by atoms with Gasteiger partial charge >= 0.3 is 0 Å². The lowest BCUT2D eigenvalue weighted by Crippen LogP contribution is -2.11. The molecule has 0 saturated carbocycles. The number of benzene rings is 1. The zero-order chi connectivity index (χ0) is 13.0. The number of halogens is 1. The molecule has 0 aliphatic carbocycles. The molecule has 0 amide bonds. The van der Waals surface area contributed by atoms with Crippen LogP contribution in [-0.2, 0) is 5.75 Å². The number of aromatic nitrogens is 1. The zero-order valence-electron chi connectivity index (χ0n) is 9.56. The van der Waals surface area contributed by atoms with E-state index in [9.17, 15) is 0 Å². The third kappa shape index (κ3) is 3.24. The highest BCUT2D eigenvalue weighted by Gasteiger charge is 2.02. The Morgan fingerprint density at radius 1 is 1.28 bits per heavy atom. The lowest BCUT2D eigenvalue weighted by Gasteiger charge is -2.04. The van der Waals surface area contributed by atoms with Crippen LogP contribution in [0.5, 0.6) is 0 Å². The SMILES string of the molecule is N=C(N)c1ccc(SCc2ccccc2Cl)nc1. The molecule has 92 valence electrons. The molecule has 2 rings (SSSR count). The Kier molecular flexibility index (Phi) is 4.23. The molecule has 0 radical (unpaired) electrons. The molecule has 1 aromatic carbocycles. The molecule has 0 aliphatic rings. The number of amidine groups is 1. The van der Waals surface area contributed by atoms with Crippen molar-refractivity contribution in [3.63, 3.8) is 0 Å². The number of rotatable bonds is 4. The summed E-state index contributed by atoms with van der Waals surface area (Å²) in [6.45, 7) is 0. The normalized spacial score (nSPS) is 10.3. The second kappa shape index (κ2) is 5.89. The maximum absolute atomic E-state index is 7.28. The first-order valence-corrected chi connectivity index (χ1v) is 6.70. The van der Waals surface area contributed by atoms with Crippen molar-refractivity contribution < 1.29 is 0 Å². The number of hydrogen-bond acceptors (Lipinski definition) is 3. The quantitative estimate of drug-likeness (QED) is 0.512. The Bertz CT molecular complexity index is 554. The number of thioether (sulfide) groups is 1. The Hall–Kier alpha value is -1.52. The van der Waals surface area contributed by atoms with Gasteiger partial charge < -0.3 is 5.73 Å². The van der Waals surface area contributed by atoms with Gasteiger partial charge in [0, 0.05) is 22.5 Å². The van der Waals surface area contributed by atoms with Gasteiger partial charge in [-0.05, 0) is 23.8 Å². The van der Waals surface area contributed by atoms with Gasteiger partial charge in [-0.25, -0.2) is 4.98 Å². The van der Waals surface area contributed by atoms with E-state index in [1.165, 1.54) is 0 Å². The van der Waals surface area contributed by atoms with Crippen molar-refractivity contribution in [2.24, 2.45) is 5.73 Å². The molecule has 0 aliphatic heterocycles. The lowest BCUT2D eigenvalue weighted by atomic mass is 10.2. The fourth-order valence-electron chi connectivity index (χ4n) is 1.39. The third-order valence-corrected chi connectivity index (χ3v) is 3.74. The fraction of sp³-hybridized carbons (Fsp3) is 0.0769. The minimum absolute atomic E-state index is 0.0325. The largest absolute Gasteiger partial charge is 0.384 e. The highest BCUT2D eigenvalue weighted by Crippen LogP contribution is 2.25. The first kappa shape index (κ1) is 12.9. The van der Waals surface area contributed by atoms with Gasteiger partial charge in [-0.2, -0.15) is 0 Å². The van der Waals surface area contributed by atoms with Gasteiger partial charge in [0.15, 0.2) is 0 Å². The molecule has 0 atom stereocenters. The first-order chi connectivity index (χ1) is 8.66. The second-order valence-corrected chi connectivity index (χ2v) is 5.08. The van der Waals surface area contributed by atoms with E-state index >= 15 is 0 Å².